The Morgan fingerprint density at radius 1 is 1.29 bits per heavy atom. The molecule has 0 saturated carbocycles. The smallest absolute Gasteiger partial charge is 0.333 e. The Hall–Kier alpha value is -3.31. The van der Waals surface area contributed by atoms with Gasteiger partial charge in [0.1, 0.15) is 11.9 Å². The summed E-state index contributed by atoms with van der Waals surface area (Å²) in [6, 6.07) is 10.3. The summed E-state index contributed by atoms with van der Waals surface area (Å²) in [5.41, 5.74) is 1.05. The quantitative estimate of drug-likeness (QED) is 0.604. The van der Waals surface area contributed by atoms with Crippen LogP contribution in [-0.4, -0.2) is 38.5 Å². The number of benzene rings is 2. The summed E-state index contributed by atoms with van der Waals surface area (Å²) in [6.45, 7) is 4.92. The van der Waals surface area contributed by atoms with Gasteiger partial charge in [-0.05, 0) is 44.2 Å². The van der Waals surface area contributed by atoms with Crippen LogP contribution in [0.1, 0.15) is 37.4 Å². The molecular formula is C23H25FN2O5. The largest absolute Gasteiger partial charge is 0.494 e. The molecule has 7 nitrogen and oxygen atoms in total. The van der Waals surface area contributed by atoms with Crippen LogP contribution in [-0.2, 0) is 14.3 Å². The van der Waals surface area contributed by atoms with Crippen molar-refractivity contribution in [2.24, 2.45) is 0 Å². The van der Waals surface area contributed by atoms with Gasteiger partial charge in [0, 0.05) is 23.7 Å². The minimum atomic E-state index is -1.14. The fourth-order valence-corrected chi connectivity index (χ4v) is 3.22. The predicted molar refractivity (Wildman–Crippen MR) is 112 cm³/mol. The lowest BCUT2D eigenvalue weighted by molar-refractivity contribution is -0.144. The fourth-order valence-electron chi connectivity index (χ4n) is 3.22. The third-order valence-corrected chi connectivity index (χ3v) is 4.69. The molecule has 0 bridgehead atoms. The Morgan fingerprint density at radius 3 is 2.68 bits per heavy atom. The normalized spacial score (nSPS) is 16.3. The molecule has 1 unspecified atom stereocenters. The van der Waals surface area contributed by atoms with Gasteiger partial charge in [0.2, 0.25) is 0 Å². The monoisotopic (exact) mass is 428 g/mol. The molecule has 1 aliphatic heterocycles. The zero-order valence-corrected chi connectivity index (χ0v) is 17.5. The molecule has 164 valence electrons. The molecular weight excluding hydrogens is 403 g/mol. The molecule has 0 aliphatic carbocycles. The highest BCUT2D eigenvalue weighted by atomic mass is 19.1. The summed E-state index contributed by atoms with van der Waals surface area (Å²) in [5, 5.41) is 12.0. The average Bonchev–Trinajstić information content (AvgIpc) is 3.28. The number of hydrogen-bond donors (Lipinski definition) is 1. The molecule has 0 spiro atoms. The van der Waals surface area contributed by atoms with Crippen LogP contribution in [0.5, 0.6) is 11.5 Å². The van der Waals surface area contributed by atoms with Crippen LogP contribution >= 0.6 is 0 Å². The topological polar surface area (TPSA) is 89.8 Å². The van der Waals surface area contributed by atoms with Crippen molar-refractivity contribution in [3.8, 4) is 17.6 Å². The maximum Gasteiger partial charge on any atom is 0.333 e. The minimum Gasteiger partial charge on any atom is -0.494 e. The summed E-state index contributed by atoms with van der Waals surface area (Å²) in [5.74, 6) is -0.944. The molecule has 2 aromatic carbocycles. The summed E-state index contributed by atoms with van der Waals surface area (Å²) in [7, 11) is 0. The Balaban J connectivity index is 1.99. The Labute approximate surface area is 180 Å². The fraction of sp³-hybridized carbons (Fsp3) is 0.391. The van der Waals surface area contributed by atoms with Crippen LogP contribution in [0.25, 0.3) is 0 Å². The number of nitrogens with one attached hydrogen (secondary N) is 1. The van der Waals surface area contributed by atoms with E-state index < -0.39 is 17.8 Å². The number of nitriles is 1. The first-order valence-electron chi connectivity index (χ1n) is 10.2. The van der Waals surface area contributed by atoms with E-state index in [-0.39, 0.29) is 24.0 Å². The standard InChI is InChI=1S/C23H25FN2O5/c1-3-29-18-11-19(21(24)20(12-18)31-17-9-10-28-14-17)22(23(27)30-4-2)26-16-7-5-15(13-25)6-8-16/h5-8,11-12,17,22,26H,3-4,9-10,14H2,1-2H3/t17-,22?/m1/s1. The van der Waals surface area contributed by atoms with Crippen molar-refractivity contribution in [2.45, 2.75) is 32.4 Å². The minimum absolute atomic E-state index is 0.00706. The van der Waals surface area contributed by atoms with E-state index >= 15 is 4.39 Å². The number of anilines is 1. The highest BCUT2D eigenvalue weighted by Crippen LogP contribution is 2.34. The van der Waals surface area contributed by atoms with E-state index in [9.17, 15) is 4.79 Å². The number of ether oxygens (including phenoxy) is 4. The van der Waals surface area contributed by atoms with Crippen LogP contribution in [0.2, 0.25) is 0 Å². The van der Waals surface area contributed by atoms with Gasteiger partial charge in [-0.25, -0.2) is 9.18 Å². The van der Waals surface area contributed by atoms with Gasteiger partial charge in [-0.2, -0.15) is 5.26 Å². The average molecular weight is 428 g/mol. The third kappa shape index (κ3) is 5.64. The summed E-state index contributed by atoms with van der Waals surface area (Å²) in [4.78, 5) is 12.7. The molecule has 2 aromatic rings. The molecule has 1 N–H and O–H groups in total. The number of rotatable bonds is 9. The Kier molecular flexibility index (Phi) is 7.68. The first-order valence-corrected chi connectivity index (χ1v) is 10.2. The molecule has 1 saturated heterocycles. The molecule has 1 aliphatic rings. The van der Waals surface area contributed by atoms with Crippen LogP contribution in [0, 0.1) is 17.1 Å². The lowest BCUT2D eigenvalue weighted by Gasteiger charge is -2.22. The number of halogens is 1. The van der Waals surface area contributed by atoms with E-state index in [1.54, 1.807) is 31.2 Å². The van der Waals surface area contributed by atoms with Crippen molar-refractivity contribution in [1.29, 1.82) is 5.26 Å². The second-order valence-electron chi connectivity index (χ2n) is 6.88. The van der Waals surface area contributed by atoms with E-state index in [2.05, 4.69) is 5.32 Å². The second kappa shape index (κ2) is 10.6. The predicted octanol–water partition coefficient (Wildman–Crippen LogP) is 3.98. The summed E-state index contributed by atoms with van der Waals surface area (Å²) >= 11 is 0. The molecule has 0 radical (unpaired) electrons. The van der Waals surface area contributed by atoms with Crippen LogP contribution in [0.3, 0.4) is 0 Å². The maximum absolute atomic E-state index is 15.5. The highest BCUT2D eigenvalue weighted by Gasteiger charge is 2.29. The zero-order valence-electron chi connectivity index (χ0n) is 17.5. The molecule has 8 heteroatoms. The van der Waals surface area contributed by atoms with E-state index in [1.807, 2.05) is 13.0 Å². The van der Waals surface area contributed by atoms with Crippen molar-refractivity contribution < 1.29 is 28.1 Å². The Morgan fingerprint density at radius 2 is 2.06 bits per heavy atom. The van der Waals surface area contributed by atoms with E-state index in [4.69, 9.17) is 24.2 Å². The maximum atomic E-state index is 15.5. The lowest BCUT2D eigenvalue weighted by atomic mass is 10.0. The van der Waals surface area contributed by atoms with Crippen molar-refractivity contribution in [3.63, 3.8) is 0 Å². The molecule has 3 rings (SSSR count). The highest BCUT2D eigenvalue weighted by molar-refractivity contribution is 5.81. The molecule has 1 fully saturated rings. The molecule has 0 amide bonds. The molecule has 0 aromatic heterocycles. The molecule has 31 heavy (non-hydrogen) atoms. The van der Waals surface area contributed by atoms with E-state index in [0.29, 0.717) is 43.2 Å². The van der Waals surface area contributed by atoms with Crippen LogP contribution in [0.4, 0.5) is 10.1 Å². The van der Waals surface area contributed by atoms with Gasteiger partial charge in [0.25, 0.3) is 0 Å². The van der Waals surface area contributed by atoms with Crippen molar-refractivity contribution in [1.82, 2.24) is 0 Å². The van der Waals surface area contributed by atoms with E-state index in [0.717, 1.165) is 0 Å². The molecule has 2 atom stereocenters. The number of esters is 1. The first-order chi connectivity index (χ1) is 15.0. The van der Waals surface area contributed by atoms with Gasteiger partial charge in [-0.1, -0.05) is 0 Å². The van der Waals surface area contributed by atoms with Gasteiger partial charge < -0.3 is 24.3 Å². The SMILES string of the molecule is CCOC(=O)C(Nc1ccc(C#N)cc1)c1cc(OCC)cc(O[C@@H]2CCOC2)c1F. The molecule has 1 heterocycles. The Bertz CT molecular complexity index is 936. The lowest BCUT2D eigenvalue weighted by Crippen LogP contribution is -2.25. The van der Waals surface area contributed by atoms with Crippen molar-refractivity contribution in [2.75, 3.05) is 31.7 Å². The van der Waals surface area contributed by atoms with Gasteiger partial charge in [0.15, 0.2) is 17.6 Å². The third-order valence-electron chi connectivity index (χ3n) is 4.69. The number of carbonyl (C=O) groups is 1. The number of carbonyl (C=O) groups excluding carboxylic acids is 1. The number of hydrogen-bond acceptors (Lipinski definition) is 7. The first kappa shape index (κ1) is 22.4. The van der Waals surface area contributed by atoms with Gasteiger partial charge in [-0.15, -0.1) is 0 Å². The van der Waals surface area contributed by atoms with Crippen LogP contribution in [0.15, 0.2) is 36.4 Å². The summed E-state index contributed by atoms with van der Waals surface area (Å²) < 4.78 is 37.4. The van der Waals surface area contributed by atoms with Crippen molar-refractivity contribution in [3.05, 3.63) is 53.3 Å². The summed E-state index contributed by atoms with van der Waals surface area (Å²) in [6.07, 6.45) is 0.380. The van der Waals surface area contributed by atoms with Gasteiger partial charge in [0.05, 0.1) is 38.1 Å². The van der Waals surface area contributed by atoms with Crippen molar-refractivity contribution >= 4 is 11.7 Å². The van der Waals surface area contributed by atoms with E-state index in [1.165, 1.54) is 12.1 Å². The number of nitrogens with zero attached hydrogens (tertiary/aromatic N) is 1. The second-order valence-corrected chi connectivity index (χ2v) is 6.88. The van der Waals surface area contributed by atoms with Crippen LogP contribution < -0.4 is 14.8 Å². The van der Waals surface area contributed by atoms with Gasteiger partial charge in [-0.3, -0.25) is 0 Å². The van der Waals surface area contributed by atoms with Gasteiger partial charge >= 0.3 is 5.97 Å². The zero-order chi connectivity index (χ0) is 22.2.